The minimum atomic E-state index is -0.556. The second-order valence-corrected chi connectivity index (χ2v) is 5.05. The predicted molar refractivity (Wildman–Crippen MR) is 76.1 cm³/mol. The number of halogens is 1. The van der Waals surface area contributed by atoms with Crippen molar-refractivity contribution in [3.05, 3.63) is 29.6 Å². The average Bonchev–Trinajstić information content (AvgIpc) is 2.90. The van der Waals surface area contributed by atoms with Crippen molar-refractivity contribution < 1.29 is 13.9 Å². The van der Waals surface area contributed by atoms with E-state index in [1.165, 1.54) is 12.1 Å². The summed E-state index contributed by atoms with van der Waals surface area (Å²) in [7, 11) is 0. The Hall–Kier alpha value is -2.13. The zero-order valence-corrected chi connectivity index (χ0v) is 11.9. The number of ether oxygens (including phenoxy) is 1. The van der Waals surface area contributed by atoms with Crippen LogP contribution in [0.1, 0.15) is 18.9 Å². The number of hydrogen-bond acceptors (Lipinski definition) is 4. The standard InChI is InChI=1S/C15H18FN3O2/c1-10-5-8-21-14(10)15(20)19-7-6-18-13-4-2-3-12(16)11(13)9-17/h2-4,10,14,18H,5-8H2,1H3,(H,19,20)/t10-,14+/m1/s1. The number of anilines is 1. The van der Waals surface area contributed by atoms with Crippen molar-refractivity contribution >= 4 is 11.6 Å². The molecule has 0 spiro atoms. The summed E-state index contributed by atoms with van der Waals surface area (Å²) in [6.45, 7) is 3.39. The van der Waals surface area contributed by atoms with Gasteiger partial charge in [-0.2, -0.15) is 5.26 Å². The Bertz CT molecular complexity index is 556. The van der Waals surface area contributed by atoms with E-state index in [9.17, 15) is 9.18 Å². The lowest BCUT2D eigenvalue weighted by molar-refractivity contribution is -0.131. The maximum absolute atomic E-state index is 13.4. The Balaban J connectivity index is 1.79. The number of benzene rings is 1. The number of nitrogens with zero attached hydrogens (tertiary/aromatic N) is 1. The van der Waals surface area contributed by atoms with Gasteiger partial charge in [-0.15, -0.1) is 0 Å². The van der Waals surface area contributed by atoms with Crippen molar-refractivity contribution in [2.24, 2.45) is 5.92 Å². The van der Waals surface area contributed by atoms with Crippen LogP contribution in [0.25, 0.3) is 0 Å². The quantitative estimate of drug-likeness (QED) is 0.809. The lowest BCUT2D eigenvalue weighted by Gasteiger charge is -2.15. The van der Waals surface area contributed by atoms with E-state index in [-0.39, 0.29) is 23.5 Å². The summed E-state index contributed by atoms with van der Waals surface area (Å²) in [4.78, 5) is 11.9. The first-order valence-corrected chi connectivity index (χ1v) is 6.95. The summed E-state index contributed by atoms with van der Waals surface area (Å²) in [5.74, 6) is -0.451. The normalized spacial score (nSPS) is 20.8. The van der Waals surface area contributed by atoms with Crippen molar-refractivity contribution in [2.75, 3.05) is 25.0 Å². The van der Waals surface area contributed by atoms with Gasteiger partial charge in [0.25, 0.3) is 0 Å². The van der Waals surface area contributed by atoms with Gasteiger partial charge in [-0.3, -0.25) is 4.79 Å². The molecule has 1 aromatic rings. The topological polar surface area (TPSA) is 74.2 Å². The molecule has 1 aromatic carbocycles. The number of nitriles is 1. The Morgan fingerprint density at radius 2 is 2.33 bits per heavy atom. The van der Waals surface area contributed by atoms with Crippen molar-refractivity contribution in [3.63, 3.8) is 0 Å². The first-order chi connectivity index (χ1) is 10.1. The van der Waals surface area contributed by atoms with E-state index in [0.717, 1.165) is 6.42 Å². The van der Waals surface area contributed by atoms with Crippen LogP contribution in [0.15, 0.2) is 18.2 Å². The molecule has 1 amide bonds. The molecule has 0 aromatic heterocycles. The number of rotatable bonds is 5. The highest BCUT2D eigenvalue weighted by Gasteiger charge is 2.30. The molecule has 6 heteroatoms. The van der Waals surface area contributed by atoms with Crippen LogP contribution >= 0.6 is 0 Å². The molecule has 2 rings (SSSR count). The zero-order valence-electron chi connectivity index (χ0n) is 11.9. The molecule has 2 atom stereocenters. The number of hydrogen-bond donors (Lipinski definition) is 2. The van der Waals surface area contributed by atoms with Crippen molar-refractivity contribution in [3.8, 4) is 6.07 Å². The molecule has 1 saturated heterocycles. The fraction of sp³-hybridized carbons (Fsp3) is 0.467. The van der Waals surface area contributed by atoms with Gasteiger partial charge in [-0.05, 0) is 24.5 Å². The molecule has 0 aliphatic carbocycles. The van der Waals surface area contributed by atoms with Crippen molar-refractivity contribution in [1.29, 1.82) is 5.26 Å². The molecule has 1 fully saturated rings. The second-order valence-electron chi connectivity index (χ2n) is 5.05. The van der Waals surface area contributed by atoms with Crippen LogP contribution < -0.4 is 10.6 Å². The summed E-state index contributed by atoms with van der Waals surface area (Å²) in [6.07, 6.45) is 0.513. The van der Waals surface area contributed by atoms with E-state index in [2.05, 4.69) is 10.6 Å². The molecule has 1 heterocycles. The van der Waals surface area contributed by atoms with E-state index in [1.807, 2.05) is 13.0 Å². The molecule has 112 valence electrons. The van der Waals surface area contributed by atoms with Gasteiger partial charge in [0.2, 0.25) is 5.91 Å². The third kappa shape index (κ3) is 3.70. The number of amides is 1. The van der Waals surface area contributed by atoms with Crippen LogP contribution in [-0.2, 0) is 9.53 Å². The maximum atomic E-state index is 13.4. The van der Waals surface area contributed by atoms with Crippen LogP contribution in [0.2, 0.25) is 0 Å². The van der Waals surface area contributed by atoms with E-state index in [4.69, 9.17) is 10.00 Å². The fourth-order valence-corrected chi connectivity index (χ4v) is 2.30. The molecule has 0 unspecified atom stereocenters. The zero-order chi connectivity index (χ0) is 15.2. The summed E-state index contributed by atoms with van der Waals surface area (Å²) in [5, 5.41) is 14.6. The molecular formula is C15H18FN3O2. The van der Waals surface area contributed by atoms with Gasteiger partial charge in [0.15, 0.2) is 0 Å². The highest BCUT2D eigenvalue weighted by Crippen LogP contribution is 2.20. The van der Waals surface area contributed by atoms with Crippen LogP contribution in [0.3, 0.4) is 0 Å². The first-order valence-electron chi connectivity index (χ1n) is 6.95. The highest BCUT2D eigenvalue weighted by atomic mass is 19.1. The summed E-state index contributed by atoms with van der Waals surface area (Å²) < 4.78 is 18.8. The number of carbonyl (C=O) groups is 1. The molecule has 2 N–H and O–H groups in total. The molecule has 1 aliphatic heterocycles. The molecule has 0 bridgehead atoms. The van der Waals surface area contributed by atoms with Gasteiger partial charge >= 0.3 is 0 Å². The van der Waals surface area contributed by atoms with E-state index < -0.39 is 5.82 Å². The lowest BCUT2D eigenvalue weighted by Crippen LogP contribution is -2.39. The number of nitrogens with one attached hydrogen (secondary N) is 2. The van der Waals surface area contributed by atoms with Gasteiger partial charge in [-0.1, -0.05) is 13.0 Å². The van der Waals surface area contributed by atoms with E-state index >= 15 is 0 Å². The molecule has 1 aliphatic rings. The van der Waals surface area contributed by atoms with E-state index in [0.29, 0.717) is 25.4 Å². The monoisotopic (exact) mass is 291 g/mol. The predicted octanol–water partition coefficient (Wildman–Crippen LogP) is 1.65. The minimum Gasteiger partial charge on any atom is -0.382 e. The lowest BCUT2D eigenvalue weighted by atomic mass is 10.0. The Morgan fingerprint density at radius 1 is 1.52 bits per heavy atom. The van der Waals surface area contributed by atoms with Gasteiger partial charge in [0, 0.05) is 19.7 Å². The SMILES string of the molecule is C[C@@H]1CCO[C@@H]1C(=O)NCCNc1cccc(F)c1C#N. The average molecular weight is 291 g/mol. The summed E-state index contributed by atoms with van der Waals surface area (Å²) >= 11 is 0. The van der Waals surface area contributed by atoms with Gasteiger partial charge in [0.1, 0.15) is 23.6 Å². The Kier molecular flexibility index (Phi) is 5.12. The van der Waals surface area contributed by atoms with Crippen molar-refractivity contribution in [2.45, 2.75) is 19.4 Å². The molecular weight excluding hydrogens is 273 g/mol. The van der Waals surface area contributed by atoms with Gasteiger partial charge in [0.05, 0.1) is 5.69 Å². The first kappa shape index (κ1) is 15.3. The molecule has 5 nitrogen and oxygen atoms in total. The van der Waals surface area contributed by atoms with Gasteiger partial charge < -0.3 is 15.4 Å². The van der Waals surface area contributed by atoms with Crippen molar-refractivity contribution in [1.82, 2.24) is 5.32 Å². The Labute approximate surface area is 123 Å². The summed E-state index contributed by atoms with van der Waals surface area (Å²) in [6, 6.07) is 6.22. The van der Waals surface area contributed by atoms with Crippen LogP contribution in [-0.4, -0.2) is 31.7 Å². The summed E-state index contributed by atoms with van der Waals surface area (Å²) in [5.41, 5.74) is 0.411. The second kappa shape index (κ2) is 7.04. The van der Waals surface area contributed by atoms with Crippen LogP contribution in [0.4, 0.5) is 10.1 Å². The van der Waals surface area contributed by atoms with Gasteiger partial charge in [-0.25, -0.2) is 4.39 Å². The third-order valence-corrected chi connectivity index (χ3v) is 3.51. The minimum absolute atomic E-state index is 0.0171. The fourth-order valence-electron chi connectivity index (χ4n) is 2.30. The third-order valence-electron chi connectivity index (χ3n) is 3.51. The molecule has 0 saturated carbocycles. The van der Waals surface area contributed by atoms with Crippen LogP contribution in [0.5, 0.6) is 0 Å². The van der Waals surface area contributed by atoms with Crippen LogP contribution in [0, 0.1) is 23.1 Å². The number of carbonyl (C=O) groups excluding carboxylic acids is 1. The largest absolute Gasteiger partial charge is 0.382 e. The maximum Gasteiger partial charge on any atom is 0.249 e. The Morgan fingerprint density at radius 3 is 3.00 bits per heavy atom. The molecule has 0 radical (unpaired) electrons. The smallest absolute Gasteiger partial charge is 0.249 e. The van der Waals surface area contributed by atoms with E-state index in [1.54, 1.807) is 6.07 Å². The highest BCUT2D eigenvalue weighted by molar-refractivity contribution is 5.81. The molecule has 21 heavy (non-hydrogen) atoms.